The maximum Gasteiger partial charge on any atom is 0.435 e. The first-order valence-electron chi connectivity index (χ1n) is 9.03. The lowest BCUT2D eigenvalue weighted by atomic mass is 10.0. The Hall–Kier alpha value is -2.85. The number of methoxy groups -OCH3 is 1. The number of aromatic nitrogens is 2. The van der Waals surface area contributed by atoms with E-state index in [1.807, 2.05) is 6.92 Å². The number of benzene rings is 2. The number of nitrogens with two attached hydrogens (primary N) is 1. The van der Waals surface area contributed by atoms with Crippen molar-refractivity contribution in [2.45, 2.75) is 30.8 Å². The molecule has 0 saturated heterocycles. The van der Waals surface area contributed by atoms with Gasteiger partial charge in [0.15, 0.2) is 5.69 Å². The van der Waals surface area contributed by atoms with Crippen molar-refractivity contribution < 1.29 is 26.3 Å². The van der Waals surface area contributed by atoms with Crippen molar-refractivity contribution in [3.05, 3.63) is 59.8 Å². The van der Waals surface area contributed by atoms with Gasteiger partial charge in [-0.05, 0) is 48.4 Å². The van der Waals surface area contributed by atoms with Crippen LogP contribution in [-0.4, -0.2) is 25.3 Å². The summed E-state index contributed by atoms with van der Waals surface area (Å²) in [6.45, 7) is 1.97. The fourth-order valence-electron chi connectivity index (χ4n) is 3.18. The summed E-state index contributed by atoms with van der Waals surface area (Å²) in [5, 5.41) is 8.93. The van der Waals surface area contributed by atoms with E-state index < -0.39 is 21.9 Å². The second-order valence-corrected chi connectivity index (χ2v) is 8.14. The minimum Gasteiger partial charge on any atom is -0.496 e. The van der Waals surface area contributed by atoms with E-state index in [2.05, 4.69) is 5.10 Å². The van der Waals surface area contributed by atoms with E-state index >= 15 is 0 Å². The van der Waals surface area contributed by atoms with Gasteiger partial charge < -0.3 is 4.74 Å². The maximum atomic E-state index is 13.4. The zero-order valence-corrected chi connectivity index (χ0v) is 17.1. The van der Waals surface area contributed by atoms with Crippen molar-refractivity contribution in [2.75, 3.05) is 7.11 Å². The number of ether oxygens (including phenoxy) is 1. The molecule has 3 aromatic rings. The van der Waals surface area contributed by atoms with Gasteiger partial charge in [-0.15, -0.1) is 0 Å². The van der Waals surface area contributed by atoms with Crippen LogP contribution in [0, 0.1) is 0 Å². The highest BCUT2D eigenvalue weighted by Gasteiger charge is 2.36. The topological polar surface area (TPSA) is 87.2 Å². The number of hydrogen-bond donors (Lipinski definition) is 1. The molecule has 1 heterocycles. The molecule has 10 heteroatoms. The molecule has 2 N–H and O–H groups in total. The highest BCUT2D eigenvalue weighted by atomic mass is 32.2. The molecule has 160 valence electrons. The lowest BCUT2D eigenvalue weighted by Crippen LogP contribution is -2.16. The number of sulfonamides is 1. The zero-order chi connectivity index (χ0) is 22.1. The van der Waals surface area contributed by atoms with Gasteiger partial charge in [0, 0.05) is 5.56 Å². The fourth-order valence-corrected chi connectivity index (χ4v) is 3.90. The fraction of sp³-hybridized carbons (Fsp3) is 0.250. The molecule has 0 fully saturated rings. The van der Waals surface area contributed by atoms with Crippen LogP contribution in [0.25, 0.3) is 16.9 Å². The molecule has 0 spiro atoms. The summed E-state index contributed by atoms with van der Waals surface area (Å²) in [5.41, 5.74) is 0.122. The molecule has 0 aliphatic rings. The molecule has 1 aromatic heterocycles. The summed E-state index contributed by atoms with van der Waals surface area (Å²) in [5.74, 6) is 0.618. The van der Waals surface area contributed by atoms with Gasteiger partial charge in [0.1, 0.15) is 10.6 Å². The largest absolute Gasteiger partial charge is 0.496 e. The number of nitrogens with zero attached hydrogens (tertiary/aromatic N) is 2. The summed E-state index contributed by atoms with van der Waals surface area (Å²) in [6.07, 6.45) is -3.25. The van der Waals surface area contributed by atoms with Gasteiger partial charge in [0.2, 0.25) is 10.0 Å². The van der Waals surface area contributed by atoms with E-state index in [1.165, 1.54) is 31.4 Å². The summed E-state index contributed by atoms with van der Waals surface area (Å²) in [7, 11) is -2.68. The monoisotopic (exact) mass is 439 g/mol. The molecule has 0 aliphatic carbocycles. The molecule has 0 radical (unpaired) electrons. The van der Waals surface area contributed by atoms with Crippen molar-refractivity contribution in [1.82, 2.24) is 9.78 Å². The third kappa shape index (κ3) is 4.34. The predicted octanol–water partition coefficient (Wildman–Crippen LogP) is 4.17. The van der Waals surface area contributed by atoms with Gasteiger partial charge in [-0.2, -0.15) is 18.3 Å². The van der Waals surface area contributed by atoms with Gasteiger partial charge in [0.05, 0.1) is 18.5 Å². The third-order valence-corrected chi connectivity index (χ3v) is 5.45. The maximum absolute atomic E-state index is 13.4. The summed E-state index contributed by atoms with van der Waals surface area (Å²) < 4.78 is 70.6. The molecule has 0 bridgehead atoms. The molecule has 0 saturated carbocycles. The van der Waals surface area contributed by atoms with Crippen LogP contribution < -0.4 is 9.88 Å². The Bertz CT molecular complexity index is 1170. The Balaban J connectivity index is 2.30. The lowest BCUT2D eigenvalue weighted by Gasteiger charge is -2.13. The Kier molecular flexibility index (Phi) is 5.91. The van der Waals surface area contributed by atoms with Crippen molar-refractivity contribution in [3.63, 3.8) is 0 Å². The normalized spacial score (nSPS) is 12.2. The van der Waals surface area contributed by atoms with Crippen LogP contribution in [0.2, 0.25) is 0 Å². The average molecular weight is 439 g/mol. The summed E-state index contributed by atoms with van der Waals surface area (Å²) in [4.78, 5) is -0.328. The Morgan fingerprint density at radius 3 is 2.43 bits per heavy atom. The molecule has 2 aromatic carbocycles. The Morgan fingerprint density at radius 1 is 1.13 bits per heavy atom. The van der Waals surface area contributed by atoms with Gasteiger partial charge in [0.25, 0.3) is 0 Å². The van der Waals surface area contributed by atoms with Crippen LogP contribution in [0.5, 0.6) is 5.75 Å². The number of rotatable bonds is 6. The molecule has 6 nitrogen and oxygen atoms in total. The molecule has 0 atom stereocenters. The van der Waals surface area contributed by atoms with Crippen molar-refractivity contribution in [3.8, 4) is 22.7 Å². The smallest absolute Gasteiger partial charge is 0.435 e. The zero-order valence-electron chi connectivity index (χ0n) is 16.3. The molecule has 0 aliphatic heterocycles. The van der Waals surface area contributed by atoms with E-state index in [4.69, 9.17) is 9.88 Å². The first-order valence-corrected chi connectivity index (χ1v) is 10.6. The Labute approximate surface area is 172 Å². The van der Waals surface area contributed by atoms with Gasteiger partial charge in [-0.25, -0.2) is 18.2 Å². The van der Waals surface area contributed by atoms with E-state index in [9.17, 15) is 21.6 Å². The molecular weight excluding hydrogens is 419 g/mol. The average Bonchev–Trinajstić information content (AvgIpc) is 3.13. The van der Waals surface area contributed by atoms with Crippen LogP contribution in [0.3, 0.4) is 0 Å². The molecule has 0 amide bonds. The van der Waals surface area contributed by atoms with Crippen LogP contribution in [0.4, 0.5) is 13.2 Å². The first kappa shape index (κ1) is 21.8. The summed E-state index contributed by atoms with van der Waals surface area (Å²) in [6, 6.07) is 11.4. The van der Waals surface area contributed by atoms with Crippen LogP contribution >= 0.6 is 0 Å². The summed E-state index contributed by atoms with van der Waals surface area (Å²) >= 11 is 0. The number of primary sulfonamides is 1. The van der Waals surface area contributed by atoms with E-state index in [0.717, 1.165) is 22.7 Å². The Morgan fingerprint density at radius 2 is 1.83 bits per heavy atom. The van der Waals surface area contributed by atoms with Crippen LogP contribution in [0.15, 0.2) is 53.4 Å². The van der Waals surface area contributed by atoms with Crippen molar-refractivity contribution in [1.29, 1.82) is 0 Å². The first-order chi connectivity index (χ1) is 14.1. The molecule has 3 rings (SSSR count). The lowest BCUT2D eigenvalue weighted by molar-refractivity contribution is -0.141. The van der Waals surface area contributed by atoms with E-state index in [0.29, 0.717) is 17.7 Å². The second kappa shape index (κ2) is 8.11. The van der Waals surface area contributed by atoms with Crippen LogP contribution in [-0.2, 0) is 22.6 Å². The minimum atomic E-state index is -4.71. The van der Waals surface area contributed by atoms with Gasteiger partial charge in [-0.3, -0.25) is 0 Å². The second-order valence-electron chi connectivity index (χ2n) is 6.61. The standard InChI is InChI=1S/C20H20F3N3O3S/c1-3-6-14-11-13(9-10-17(14)29-2)16-12-19(20(21,22)23)25-26(16)15-7-4-5-8-18(15)30(24,27)28/h4-5,7-12H,3,6H2,1-2H3,(H2,24,27,28). The third-order valence-electron chi connectivity index (χ3n) is 4.50. The van der Waals surface area contributed by atoms with Crippen LogP contribution in [0.1, 0.15) is 24.6 Å². The van der Waals surface area contributed by atoms with Crippen molar-refractivity contribution in [2.24, 2.45) is 5.14 Å². The molecular formula is C20H20F3N3O3S. The number of alkyl halides is 3. The van der Waals surface area contributed by atoms with Gasteiger partial charge in [-0.1, -0.05) is 25.5 Å². The highest BCUT2D eigenvalue weighted by molar-refractivity contribution is 7.89. The van der Waals surface area contributed by atoms with Crippen molar-refractivity contribution >= 4 is 10.0 Å². The molecule has 0 unspecified atom stereocenters. The quantitative estimate of drug-likeness (QED) is 0.625. The highest BCUT2D eigenvalue weighted by Crippen LogP contribution is 2.35. The van der Waals surface area contributed by atoms with E-state index in [-0.39, 0.29) is 16.3 Å². The number of hydrogen-bond acceptors (Lipinski definition) is 4. The SMILES string of the molecule is CCCc1cc(-c2cc(C(F)(F)F)nn2-c2ccccc2S(N)(=O)=O)ccc1OC. The minimum absolute atomic E-state index is 0.0710. The van der Waals surface area contributed by atoms with E-state index in [1.54, 1.807) is 18.2 Å². The molecule has 30 heavy (non-hydrogen) atoms. The predicted molar refractivity (Wildman–Crippen MR) is 106 cm³/mol. The number of para-hydroxylation sites is 1. The number of halogens is 3. The number of aryl methyl sites for hydroxylation is 1. The van der Waals surface area contributed by atoms with Gasteiger partial charge >= 0.3 is 6.18 Å².